The van der Waals surface area contributed by atoms with Gasteiger partial charge in [-0.05, 0) is 140 Å². The van der Waals surface area contributed by atoms with Gasteiger partial charge in [0.15, 0.2) is 0 Å². The van der Waals surface area contributed by atoms with Crippen LogP contribution >= 0.6 is 0 Å². The van der Waals surface area contributed by atoms with Crippen molar-refractivity contribution in [1.29, 1.82) is 0 Å². The Morgan fingerprint density at radius 2 is 1.05 bits per heavy atom. The molecule has 4 rings (SSSR count). The van der Waals surface area contributed by atoms with E-state index in [1.165, 1.54) is 0 Å². The van der Waals surface area contributed by atoms with E-state index in [-0.39, 0.29) is 44.3 Å². The molecule has 4 aromatic carbocycles. The second-order valence-corrected chi connectivity index (χ2v) is 16.2. The van der Waals surface area contributed by atoms with E-state index >= 15 is 0 Å². The summed E-state index contributed by atoms with van der Waals surface area (Å²) in [5, 5.41) is 20.4. The van der Waals surface area contributed by atoms with Crippen LogP contribution in [-0.4, -0.2) is 69.2 Å². The van der Waals surface area contributed by atoms with E-state index < -0.39 is 11.9 Å². The average molecular weight is 779 g/mol. The summed E-state index contributed by atoms with van der Waals surface area (Å²) in [6.45, 7) is 19.1. The molecule has 57 heavy (non-hydrogen) atoms. The van der Waals surface area contributed by atoms with Gasteiger partial charge in [0.05, 0.1) is 13.2 Å². The first-order chi connectivity index (χ1) is 27.3. The lowest BCUT2D eigenvalue weighted by molar-refractivity contribution is -0.136. The van der Waals surface area contributed by atoms with Crippen molar-refractivity contribution < 1.29 is 29.3 Å². The fraction of sp³-hybridized carbons (Fsp3) is 0.469. The highest BCUT2D eigenvalue weighted by Crippen LogP contribution is 2.37. The molecule has 0 saturated heterocycles. The molecule has 0 fully saturated rings. The van der Waals surface area contributed by atoms with Gasteiger partial charge in [-0.1, -0.05) is 72.8 Å². The highest BCUT2D eigenvalue weighted by Gasteiger charge is 2.25. The Bertz CT molecular complexity index is 1810. The lowest BCUT2D eigenvalue weighted by Gasteiger charge is -2.32. The fourth-order valence-corrected chi connectivity index (χ4v) is 8.06. The number of rotatable bonds is 22. The number of aliphatic hydroxyl groups excluding tert-OH is 2. The predicted molar refractivity (Wildman–Crippen MR) is 230 cm³/mol. The molecular weight excluding hydrogens is 713 g/mol. The third-order valence-corrected chi connectivity index (χ3v) is 10.9. The molecule has 8 nitrogen and oxygen atoms in total. The van der Waals surface area contributed by atoms with Crippen molar-refractivity contribution >= 4 is 11.9 Å². The van der Waals surface area contributed by atoms with Gasteiger partial charge < -0.3 is 19.7 Å². The van der Waals surface area contributed by atoms with Crippen LogP contribution in [0, 0.1) is 0 Å². The normalized spacial score (nSPS) is 12.9. The Balaban J connectivity index is 1.46. The first-order valence-corrected chi connectivity index (χ1v) is 20.8. The molecule has 308 valence electrons. The molecule has 0 bridgehead atoms. The van der Waals surface area contributed by atoms with Crippen LogP contribution in [0.15, 0.2) is 97.1 Å². The summed E-state index contributed by atoms with van der Waals surface area (Å²) in [5.41, 5.74) is 5.58. The molecule has 2 atom stereocenters. The van der Waals surface area contributed by atoms with Crippen LogP contribution in [0.25, 0.3) is 0 Å². The highest BCUT2D eigenvalue weighted by molar-refractivity contribution is 5.76. The molecule has 0 heterocycles. The maximum absolute atomic E-state index is 13.3. The number of esters is 2. The van der Waals surface area contributed by atoms with Crippen molar-refractivity contribution in [2.75, 3.05) is 13.1 Å². The van der Waals surface area contributed by atoms with E-state index in [4.69, 9.17) is 9.47 Å². The van der Waals surface area contributed by atoms with Crippen LogP contribution in [-0.2, 0) is 22.8 Å². The van der Waals surface area contributed by atoms with Crippen molar-refractivity contribution in [3.8, 4) is 11.5 Å². The van der Waals surface area contributed by atoms with Crippen molar-refractivity contribution in [3.05, 3.63) is 130 Å². The number of aliphatic hydroxyl groups is 2. The number of carbonyl (C=O) groups is 2. The van der Waals surface area contributed by atoms with Crippen LogP contribution in [0.2, 0.25) is 0 Å². The quantitative estimate of drug-likeness (QED) is 0.0602. The van der Waals surface area contributed by atoms with Crippen LogP contribution in [0.5, 0.6) is 11.5 Å². The van der Waals surface area contributed by atoms with Crippen LogP contribution in [0.4, 0.5) is 0 Å². The third kappa shape index (κ3) is 13.4. The largest absolute Gasteiger partial charge is 0.427 e. The molecule has 2 unspecified atom stereocenters. The van der Waals surface area contributed by atoms with E-state index in [0.29, 0.717) is 35.7 Å². The van der Waals surface area contributed by atoms with Crippen molar-refractivity contribution in [1.82, 2.24) is 9.80 Å². The third-order valence-electron chi connectivity index (χ3n) is 10.9. The standard InChI is InChI=1S/C49H66N2O6/c1-34(2)50(35(3)4)28-26-43(39-16-11-9-12-17-39)45-31-42(24-23-41(45)33-53)56-48(54)20-15-21-49(55)57-47-25-22-38(32-52)30-46(47)44(40-18-13-10-14-19-40)27-29-51(36(5)6)37(7)8/h9-14,16-19,22-25,30-31,34-37,43-44,52-53H,15,20-21,26-29,32-33H2,1-8H3. The zero-order valence-electron chi connectivity index (χ0n) is 35.5. The average Bonchev–Trinajstić information content (AvgIpc) is 3.18. The Labute approximate surface area is 341 Å². The van der Waals surface area contributed by atoms with Gasteiger partial charge in [0, 0.05) is 54.4 Å². The highest BCUT2D eigenvalue weighted by atomic mass is 16.5. The summed E-state index contributed by atoms with van der Waals surface area (Å²) < 4.78 is 11.9. The van der Waals surface area contributed by atoms with Crippen molar-refractivity contribution in [2.45, 2.75) is 137 Å². The van der Waals surface area contributed by atoms with Gasteiger partial charge in [-0.2, -0.15) is 0 Å². The molecule has 0 saturated carbocycles. The molecule has 4 aromatic rings. The number of hydrogen-bond acceptors (Lipinski definition) is 8. The lowest BCUT2D eigenvalue weighted by Crippen LogP contribution is -2.38. The van der Waals surface area contributed by atoms with E-state index in [1.54, 1.807) is 18.2 Å². The predicted octanol–water partition coefficient (Wildman–Crippen LogP) is 9.63. The van der Waals surface area contributed by atoms with Gasteiger partial charge in [-0.15, -0.1) is 0 Å². The van der Waals surface area contributed by atoms with Crippen LogP contribution in [0.1, 0.15) is 133 Å². The van der Waals surface area contributed by atoms with Crippen LogP contribution < -0.4 is 9.47 Å². The number of hydrogen-bond donors (Lipinski definition) is 2. The SMILES string of the molecule is CC(C)N(CCC(c1ccccc1)c1cc(OC(=O)CCCC(=O)Oc2ccc(CO)cc2C(CCN(C(C)C)C(C)C)c2ccccc2)ccc1CO)C(C)C. The van der Waals surface area contributed by atoms with Gasteiger partial charge in [0.2, 0.25) is 0 Å². The van der Waals surface area contributed by atoms with E-state index in [9.17, 15) is 19.8 Å². The van der Waals surface area contributed by atoms with E-state index in [0.717, 1.165) is 59.3 Å². The van der Waals surface area contributed by atoms with Gasteiger partial charge in [-0.25, -0.2) is 0 Å². The summed E-state index contributed by atoms with van der Waals surface area (Å²) in [7, 11) is 0. The van der Waals surface area contributed by atoms with E-state index in [1.807, 2.05) is 54.6 Å². The van der Waals surface area contributed by atoms with Crippen molar-refractivity contribution in [3.63, 3.8) is 0 Å². The summed E-state index contributed by atoms with van der Waals surface area (Å²) in [4.78, 5) is 31.4. The molecule has 0 aliphatic carbocycles. The number of benzene rings is 4. The topological polar surface area (TPSA) is 99.5 Å². The van der Waals surface area contributed by atoms with E-state index in [2.05, 4.69) is 89.5 Å². The minimum atomic E-state index is -0.440. The zero-order valence-corrected chi connectivity index (χ0v) is 35.5. The molecule has 0 aliphatic rings. The van der Waals surface area contributed by atoms with Gasteiger partial charge in [0.1, 0.15) is 11.5 Å². The first kappa shape index (κ1) is 45.4. The molecule has 0 aliphatic heterocycles. The number of carbonyl (C=O) groups excluding carboxylic acids is 2. The summed E-state index contributed by atoms with van der Waals surface area (Å²) in [6, 6.07) is 32.9. The maximum atomic E-state index is 13.3. The number of nitrogens with zero attached hydrogens (tertiary/aromatic N) is 2. The fourth-order valence-electron chi connectivity index (χ4n) is 8.06. The Kier molecular flexibility index (Phi) is 18.0. The second-order valence-electron chi connectivity index (χ2n) is 16.2. The molecule has 2 N–H and O–H groups in total. The molecule has 0 amide bonds. The molecule has 8 heteroatoms. The smallest absolute Gasteiger partial charge is 0.311 e. The monoisotopic (exact) mass is 778 g/mol. The molecule has 0 spiro atoms. The first-order valence-electron chi connectivity index (χ1n) is 20.8. The van der Waals surface area contributed by atoms with Crippen LogP contribution in [0.3, 0.4) is 0 Å². The van der Waals surface area contributed by atoms with Crippen molar-refractivity contribution in [2.24, 2.45) is 0 Å². The summed E-state index contributed by atoms with van der Waals surface area (Å²) in [6.07, 6.45) is 1.96. The lowest BCUT2D eigenvalue weighted by atomic mass is 9.85. The minimum absolute atomic E-state index is 0.0102. The molecule has 0 aromatic heterocycles. The van der Waals surface area contributed by atoms with Gasteiger partial charge in [0.25, 0.3) is 0 Å². The van der Waals surface area contributed by atoms with Gasteiger partial charge >= 0.3 is 11.9 Å². The maximum Gasteiger partial charge on any atom is 0.311 e. The minimum Gasteiger partial charge on any atom is -0.427 e. The number of ether oxygens (including phenoxy) is 2. The molecule has 0 radical (unpaired) electrons. The molecular formula is C49H66N2O6. The summed E-state index contributed by atoms with van der Waals surface area (Å²) >= 11 is 0. The Hall–Kier alpha value is -4.34. The zero-order chi connectivity index (χ0) is 41.5. The summed E-state index contributed by atoms with van der Waals surface area (Å²) in [5.74, 6) is -0.0781. The Morgan fingerprint density at radius 3 is 1.53 bits per heavy atom. The van der Waals surface area contributed by atoms with Gasteiger partial charge in [-0.3, -0.25) is 19.4 Å². The second kappa shape index (κ2) is 22.6. The Morgan fingerprint density at radius 1 is 0.561 bits per heavy atom.